The minimum absolute atomic E-state index is 0.297. The third kappa shape index (κ3) is 3.13. The molecule has 0 aliphatic carbocycles. The number of unbranched alkanes of at least 4 members (excludes halogenated alkanes) is 1. The zero-order valence-electron chi connectivity index (χ0n) is 17.9. The molecule has 2 aromatic heterocycles. The average molecular weight is 400 g/mol. The highest BCUT2D eigenvalue weighted by atomic mass is 19.2. The molecule has 8 heteroatoms. The Morgan fingerprint density at radius 3 is 2.55 bits per heavy atom. The lowest BCUT2D eigenvalue weighted by molar-refractivity contribution is 0.351. The van der Waals surface area contributed by atoms with E-state index in [2.05, 4.69) is 10.3 Å². The summed E-state index contributed by atoms with van der Waals surface area (Å²) in [5, 5.41) is 8.29. The lowest BCUT2D eigenvalue weighted by Crippen LogP contribution is -2.57. The van der Waals surface area contributed by atoms with E-state index in [0.29, 0.717) is 5.69 Å². The van der Waals surface area contributed by atoms with Gasteiger partial charge in [-0.1, -0.05) is 11.3 Å². The summed E-state index contributed by atoms with van der Waals surface area (Å²) < 4.78 is 34.2. The Labute approximate surface area is 171 Å². The van der Waals surface area contributed by atoms with Crippen molar-refractivity contribution < 1.29 is 8.63 Å². The number of allylic oxidation sites excluding steroid dienone is 2. The van der Waals surface area contributed by atoms with Gasteiger partial charge in [0.1, 0.15) is 0 Å². The molecule has 5 nitrogen and oxygen atoms in total. The monoisotopic (exact) mass is 400 g/mol. The Hall–Kier alpha value is -2.38. The molecule has 29 heavy (non-hydrogen) atoms. The molecule has 1 unspecified atom stereocenters. The molecule has 1 atom stereocenters. The van der Waals surface area contributed by atoms with Crippen molar-refractivity contribution in [1.29, 1.82) is 0 Å². The Kier molecular flexibility index (Phi) is 4.91. The van der Waals surface area contributed by atoms with Crippen molar-refractivity contribution in [2.75, 3.05) is 0 Å². The van der Waals surface area contributed by atoms with Crippen LogP contribution in [0.25, 0.3) is 5.57 Å². The number of nitrogens with zero attached hydrogens (tertiary/aromatic N) is 5. The molecule has 0 fully saturated rings. The highest BCUT2D eigenvalue weighted by Gasteiger charge is 2.47. The number of halogens is 2. The van der Waals surface area contributed by atoms with Crippen LogP contribution in [0.3, 0.4) is 0 Å². The summed E-state index contributed by atoms with van der Waals surface area (Å²) >= 11 is 0. The zero-order valence-corrected chi connectivity index (χ0v) is 17.9. The van der Waals surface area contributed by atoms with E-state index in [0.717, 1.165) is 66.0 Å². The Bertz CT molecular complexity index is 1000. The second-order valence-electron chi connectivity index (χ2n) is 8.37. The number of fused-ring (bicyclic) bond motifs is 2. The van der Waals surface area contributed by atoms with Crippen LogP contribution in [-0.2, 0) is 13.0 Å². The summed E-state index contributed by atoms with van der Waals surface area (Å²) in [4.78, 5) is 1.36. The fourth-order valence-electron chi connectivity index (χ4n) is 5.05. The van der Waals surface area contributed by atoms with Gasteiger partial charge in [-0.05, 0) is 88.8 Å². The summed E-state index contributed by atoms with van der Waals surface area (Å²) in [6, 6.07) is 1.59. The van der Waals surface area contributed by atoms with Gasteiger partial charge >= 0.3 is 6.97 Å². The van der Waals surface area contributed by atoms with Crippen LogP contribution >= 0.6 is 0 Å². The third-order valence-electron chi connectivity index (χ3n) is 6.22. The highest BCUT2D eigenvalue weighted by Crippen LogP contribution is 2.47. The molecule has 0 amide bonds. The van der Waals surface area contributed by atoms with E-state index < -0.39 is 6.97 Å². The van der Waals surface area contributed by atoms with Crippen molar-refractivity contribution >= 4 is 12.5 Å². The maximum atomic E-state index is 15.5. The van der Waals surface area contributed by atoms with Crippen molar-refractivity contribution in [1.82, 2.24) is 24.3 Å². The van der Waals surface area contributed by atoms with Gasteiger partial charge in [0.05, 0.1) is 5.69 Å². The number of hydrogen-bond acceptors (Lipinski definition) is 3. The van der Waals surface area contributed by atoms with Crippen LogP contribution in [0.1, 0.15) is 62.7 Å². The van der Waals surface area contributed by atoms with Gasteiger partial charge in [0.15, 0.2) is 0 Å². The van der Waals surface area contributed by atoms with Gasteiger partial charge in [-0.2, -0.15) is 0 Å². The van der Waals surface area contributed by atoms with Gasteiger partial charge in [-0.3, -0.25) is 4.68 Å². The van der Waals surface area contributed by atoms with Gasteiger partial charge in [0.25, 0.3) is 0 Å². The molecule has 0 radical (unpaired) electrons. The highest BCUT2D eigenvalue weighted by molar-refractivity contribution is 6.63. The molecule has 0 spiro atoms. The fraction of sp³-hybridized carbons (Fsp3) is 0.524. The van der Waals surface area contributed by atoms with E-state index in [9.17, 15) is 0 Å². The Morgan fingerprint density at radius 2 is 1.86 bits per heavy atom. The van der Waals surface area contributed by atoms with E-state index in [-0.39, 0.29) is 6.04 Å². The molecule has 0 N–H and O–H groups in total. The topological polar surface area (TPSA) is 38.9 Å². The number of aryl methyl sites for hydroxylation is 4. The SMILES string of the molecule is CCn1cc(CCCCC2=C3C(C)=CC(C)N3[B-](F)(F)n3c(C)cc(C)c32)nn1. The molecular formula is C21H29BF2N5-. The second-order valence-corrected chi connectivity index (χ2v) is 8.37. The first-order chi connectivity index (χ1) is 13.8. The average Bonchev–Trinajstić information content (AvgIpc) is 3.31. The van der Waals surface area contributed by atoms with Crippen molar-refractivity contribution in [3.63, 3.8) is 0 Å². The maximum absolute atomic E-state index is 15.5. The third-order valence-corrected chi connectivity index (χ3v) is 6.22. The zero-order chi connectivity index (χ0) is 20.9. The molecule has 0 saturated carbocycles. The first-order valence-electron chi connectivity index (χ1n) is 10.6. The van der Waals surface area contributed by atoms with Gasteiger partial charge in [0.2, 0.25) is 0 Å². The molecule has 0 aromatic carbocycles. The Morgan fingerprint density at radius 1 is 1.14 bits per heavy atom. The van der Waals surface area contributed by atoms with Gasteiger partial charge < -0.3 is 17.9 Å². The molecule has 2 aliphatic rings. The lowest BCUT2D eigenvalue weighted by Gasteiger charge is -2.49. The normalized spacial score (nSPS) is 20.2. The number of aromatic nitrogens is 4. The molecule has 0 saturated heterocycles. The fourth-order valence-corrected chi connectivity index (χ4v) is 5.05. The quantitative estimate of drug-likeness (QED) is 0.520. The molecule has 2 aliphatic heterocycles. The van der Waals surface area contributed by atoms with E-state index in [1.165, 1.54) is 9.29 Å². The molecule has 0 bridgehead atoms. The standard InChI is InChI=1S/C21H29BF2N5/c1-6-27-13-18(25-26-27)9-7-8-10-19-20-14(2)11-16(4)28(20)22(23,24)29-17(5)12-15(3)21(19)29/h11-13,16H,6-10H2,1-5H3/q-1. The minimum Gasteiger partial charge on any atom is -0.464 e. The van der Waals surface area contributed by atoms with E-state index >= 15 is 8.63 Å². The summed E-state index contributed by atoms with van der Waals surface area (Å²) in [6.07, 6.45) is 7.47. The second kappa shape index (κ2) is 7.15. The van der Waals surface area contributed by atoms with Crippen molar-refractivity contribution in [2.24, 2.45) is 0 Å². The minimum atomic E-state index is -3.84. The van der Waals surface area contributed by atoms with E-state index in [4.69, 9.17) is 0 Å². The smallest absolute Gasteiger partial charge is 0.464 e. The van der Waals surface area contributed by atoms with Crippen LogP contribution in [0.4, 0.5) is 8.63 Å². The van der Waals surface area contributed by atoms with Crippen molar-refractivity contribution in [3.8, 4) is 0 Å². The predicted molar refractivity (Wildman–Crippen MR) is 113 cm³/mol. The van der Waals surface area contributed by atoms with Crippen molar-refractivity contribution in [2.45, 2.75) is 72.9 Å². The Balaban J connectivity index is 1.62. The number of rotatable bonds is 6. The van der Waals surface area contributed by atoms with Crippen LogP contribution in [0.15, 0.2) is 29.6 Å². The largest absolute Gasteiger partial charge is 0.529 e. The van der Waals surface area contributed by atoms with Crippen LogP contribution in [-0.4, -0.2) is 37.3 Å². The van der Waals surface area contributed by atoms with Gasteiger partial charge in [-0.25, -0.2) is 0 Å². The number of hydrogen-bond donors (Lipinski definition) is 0. The molecule has 4 rings (SSSR count). The van der Waals surface area contributed by atoms with Crippen LogP contribution in [0.2, 0.25) is 0 Å². The molecule has 4 heterocycles. The lowest BCUT2D eigenvalue weighted by atomic mass is 9.82. The summed E-state index contributed by atoms with van der Waals surface area (Å²) in [5.74, 6) is 0. The van der Waals surface area contributed by atoms with E-state index in [1.54, 1.807) is 6.92 Å². The van der Waals surface area contributed by atoms with Crippen molar-refractivity contribution in [3.05, 3.63) is 52.3 Å². The summed E-state index contributed by atoms with van der Waals surface area (Å²) in [5.41, 5.74) is 6.04. The maximum Gasteiger partial charge on any atom is 0.529 e. The van der Waals surface area contributed by atoms with Gasteiger partial charge in [0, 0.05) is 30.2 Å². The van der Waals surface area contributed by atoms with E-state index in [1.807, 2.05) is 50.7 Å². The molecule has 156 valence electrons. The summed E-state index contributed by atoms with van der Waals surface area (Å²) in [7, 11) is 0. The van der Waals surface area contributed by atoms with Gasteiger partial charge in [-0.15, -0.1) is 5.10 Å². The molecular weight excluding hydrogens is 371 g/mol. The molecule has 2 aromatic rings. The summed E-state index contributed by atoms with van der Waals surface area (Å²) in [6.45, 7) is 6.56. The van der Waals surface area contributed by atoms with Crippen LogP contribution in [0, 0.1) is 13.8 Å². The first kappa shape index (κ1) is 19.9. The first-order valence-corrected chi connectivity index (χ1v) is 10.6. The van der Waals surface area contributed by atoms with Crippen LogP contribution in [0.5, 0.6) is 0 Å². The predicted octanol–water partition coefficient (Wildman–Crippen LogP) is 4.73. The van der Waals surface area contributed by atoms with Crippen LogP contribution < -0.4 is 0 Å².